The van der Waals surface area contributed by atoms with Gasteiger partial charge in [-0.3, -0.25) is 4.90 Å². The molecule has 146 valence electrons. The van der Waals surface area contributed by atoms with E-state index in [9.17, 15) is 0 Å². The van der Waals surface area contributed by atoms with Gasteiger partial charge in [0.2, 0.25) is 11.7 Å². The maximum Gasteiger partial charge on any atom is 0.241 e. The first kappa shape index (κ1) is 18.7. The third-order valence-corrected chi connectivity index (χ3v) is 5.41. The van der Waals surface area contributed by atoms with Crippen LogP contribution in [-0.2, 0) is 13.2 Å². The van der Waals surface area contributed by atoms with Crippen molar-refractivity contribution in [2.24, 2.45) is 0 Å². The monoisotopic (exact) mass is 377 g/mol. The van der Waals surface area contributed by atoms with E-state index in [1.54, 1.807) is 0 Å². The van der Waals surface area contributed by atoms with Crippen molar-refractivity contribution in [1.29, 1.82) is 0 Å². The first-order valence-electron chi connectivity index (χ1n) is 10.1. The lowest BCUT2D eigenvalue weighted by molar-refractivity contribution is 0.165. The van der Waals surface area contributed by atoms with Gasteiger partial charge in [-0.15, -0.1) is 0 Å². The number of hydrogen-bond donors (Lipinski definition) is 0. The Labute approximate surface area is 166 Å². The van der Waals surface area contributed by atoms with Crippen LogP contribution >= 0.6 is 0 Å². The van der Waals surface area contributed by atoms with E-state index in [1.165, 1.54) is 32.1 Å². The van der Waals surface area contributed by atoms with Gasteiger partial charge in [0.1, 0.15) is 12.4 Å². The fourth-order valence-corrected chi connectivity index (χ4v) is 3.74. The Kier molecular flexibility index (Phi) is 6.02. The smallest absolute Gasteiger partial charge is 0.241 e. The highest BCUT2D eigenvalue weighted by atomic mass is 16.5. The van der Waals surface area contributed by atoms with Crippen LogP contribution in [0.5, 0.6) is 5.75 Å². The van der Waals surface area contributed by atoms with Gasteiger partial charge in [0.15, 0.2) is 0 Å². The van der Waals surface area contributed by atoms with Crippen molar-refractivity contribution >= 4 is 0 Å². The Hall–Kier alpha value is -2.66. The SMILES string of the molecule is CN(Cc1nc(-c2ccc(OCc3ccccc3)cc2)no1)C1CCCCC1. The van der Waals surface area contributed by atoms with Crippen LogP contribution in [0.15, 0.2) is 59.1 Å². The lowest BCUT2D eigenvalue weighted by atomic mass is 9.94. The van der Waals surface area contributed by atoms with Crippen LogP contribution in [0, 0.1) is 0 Å². The van der Waals surface area contributed by atoms with E-state index in [0.29, 0.717) is 30.9 Å². The van der Waals surface area contributed by atoms with Crippen molar-refractivity contribution in [3.63, 3.8) is 0 Å². The van der Waals surface area contributed by atoms with Gasteiger partial charge in [-0.1, -0.05) is 54.8 Å². The van der Waals surface area contributed by atoms with Crippen LogP contribution in [-0.4, -0.2) is 28.1 Å². The molecule has 5 nitrogen and oxygen atoms in total. The van der Waals surface area contributed by atoms with Crippen molar-refractivity contribution in [2.45, 2.75) is 51.3 Å². The average molecular weight is 377 g/mol. The Balaban J connectivity index is 1.34. The predicted octanol–water partition coefficient (Wildman–Crippen LogP) is 5.08. The molecule has 0 unspecified atom stereocenters. The highest BCUT2D eigenvalue weighted by Crippen LogP contribution is 2.24. The molecule has 0 N–H and O–H groups in total. The molecule has 1 saturated carbocycles. The topological polar surface area (TPSA) is 51.4 Å². The molecule has 1 aliphatic carbocycles. The molecule has 0 aliphatic heterocycles. The largest absolute Gasteiger partial charge is 0.489 e. The van der Waals surface area contributed by atoms with Gasteiger partial charge >= 0.3 is 0 Å². The molecule has 4 rings (SSSR count). The summed E-state index contributed by atoms with van der Waals surface area (Å²) in [6.07, 6.45) is 6.54. The van der Waals surface area contributed by atoms with E-state index < -0.39 is 0 Å². The molecule has 28 heavy (non-hydrogen) atoms. The van der Waals surface area contributed by atoms with Crippen LogP contribution < -0.4 is 4.74 Å². The number of hydrogen-bond acceptors (Lipinski definition) is 5. The lowest BCUT2D eigenvalue weighted by Crippen LogP contribution is -2.32. The molecule has 1 fully saturated rings. The third-order valence-electron chi connectivity index (χ3n) is 5.41. The molecule has 1 aliphatic rings. The molecule has 0 bridgehead atoms. The second-order valence-electron chi connectivity index (χ2n) is 7.52. The Bertz CT molecular complexity index is 855. The summed E-state index contributed by atoms with van der Waals surface area (Å²) in [6.45, 7) is 1.26. The minimum Gasteiger partial charge on any atom is -0.489 e. The predicted molar refractivity (Wildman–Crippen MR) is 109 cm³/mol. The standard InChI is InChI=1S/C23H27N3O2/c1-26(20-10-6-3-7-11-20)16-22-24-23(25-28-22)19-12-14-21(15-13-19)27-17-18-8-4-2-5-9-18/h2,4-5,8-9,12-15,20H,3,6-7,10-11,16-17H2,1H3. The molecule has 0 atom stereocenters. The number of ether oxygens (including phenoxy) is 1. The molecular weight excluding hydrogens is 350 g/mol. The fraction of sp³-hybridized carbons (Fsp3) is 0.391. The normalized spacial score (nSPS) is 15.1. The van der Waals surface area contributed by atoms with E-state index in [2.05, 4.69) is 34.2 Å². The van der Waals surface area contributed by atoms with Gasteiger partial charge in [0.05, 0.1) is 6.54 Å². The summed E-state index contributed by atoms with van der Waals surface area (Å²) in [5.74, 6) is 2.13. The summed E-state index contributed by atoms with van der Waals surface area (Å²) in [5.41, 5.74) is 2.08. The van der Waals surface area contributed by atoms with E-state index in [1.807, 2.05) is 42.5 Å². The quantitative estimate of drug-likeness (QED) is 0.575. The maximum absolute atomic E-state index is 5.84. The van der Waals surface area contributed by atoms with Gasteiger partial charge in [0, 0.05) is 11.6 Å². The molecule has 0 amide bonds. The minimum atomic E-state index is 0.556. The summed E-state index contributed by atoms with van der Waals surface area (Å²) in [5, 5.41) is 4.15. The van der Waals surface area contributed by atoms with E-state index in [-0.39, 0.29) is 0 Å². The third kappa shape index (κ3) is 4.78. The van der Waals surface area contributed by atoms with Crippen LogP contribution in [0.2, 0.25) is 0 Å². The molecule has 1 heterocycles. The van der Waals surface area contributed by atoms with Gasteiger partial charge in [-0.05, 0) is 49.7 Å². The summed E-state index contributed by atoms with van der Waals surface area (Å²) < 4.78 is 11.3. The van der Waals surface area contributed by atoms with E-state index >= 15 is 0 Å². The number of aromatic nitrogens is 2. The molecule has 5 heteroatoms. The molecule has 3 aromatic rings. The Morgan fingerprint density at radius 2 is 1.75 bits per heavy atom. The molecule has 2 aromatic carbocycles. The summed E-state index contributed by atoms with van der Waals surface area (Å²) >= 11 is 0. The van der Waals surface area contributed by atoms with Gasteiger partial charge < -0.3 is 9.26 Å². The highest BCUT2D eigenvalue weighted by molar-refractivity contribution is 5.55. The van der Waals surface area contributed by atoms with Crippen molar-refractivity contribution in [3.8, 4) is 17.1 Å². The fourth-order valence-electron chi connectivity index (χ4n) is 3.74. The van der Waals surface area contributed by atoms with E-state index in [0.717, 1.165) is 16.9 Å². The van der Waals surface area contributed by atoms with Crippen LogP contribution in [0.1, 0.15) is 43.6 Å². The maximum atomic E-state index is 5.84. The zero-order valence-corrected chi connectivity index (χ0v) is 16.4. The molecule has 0 radical (unpaired) electrons. The van der Waals surface area contributed by atoms with Crippen LogP contribution in [0.25, 0.3) is 11.4 Å². The number of rotatable bonds is 7. The average Bonchev–Trinajstić information content (AvgIpc) is 3.22. The second kappa shape index (κ2) is 9.02. The van der Waals surface area contributed by atoms with Gasteiger partial charge in [-0.2, -0.15) is 4.98 Å². The molecule has 0 saturated heterocycles. The minimum absolute atomic E-state index is 0.556. The van der Waals surface area contributed by atoms with Crippen molar-refractivity contribution in [2.75, 3.05) is 7.05 Å². The first-order chi connectivity index (χ1) is 13.8. The molecule has 1 aromatic heterocycles. The Morgan fingerprint density at radius 3 is 2.50 bits per heavy atom. The summed E-state index contributed by atoms with van der Waals surface area (Å²) in [4.78, 5) is 6.92. The van der Waals surface area contributed by atoms with Crippen molar-refractivity contribution in [1.82, 2.24) is 15.0 Å². The van der Waals surface area contributed by atoms with Crippen LogP contribution in [0.3, 0.4) is 0 Å². The first-order valence-corrected chi connectivity index (χ1v) is 10.1. The van der Waals surface area contributed by atoms with Gasteiger partial charge in [0.25, 0.3) is 0 Å². The molecule has 0 spiro atoms. The lowest BCUT2D eigenvalue weighted by Gasteiger charge is -2.29. The second-order valence-corrected chi connectivity index (χ2v) is 7.52. The van der Waals surface area contributed by atoms with Gasteiger partial charge in [-0.25, -0.2) is 0 Å². The Morgan fingerprint density at radius 1 is 1.00 bits per heavy atom. The van der Waals surface area contributed by atoms with Crippen molar-refractivity contribution in [3.05, 3.63) is 66.1 Å². The van der Waals surface area contributed by atoms with Crippen molar-refractivity contribution < 1.29 is 9.26 Å². The number of nitrogens with zero attached hydrogens (tertiary/aromatic N) is 3. The summed E-state index contributed by atoms with van der Waals surface area (Å²) in [7, 11) is 2.15. The summed E-state index contributed by atoms with van der Waals surface area (Å²) in [6, 6.07) is 18.6. The zero-order valence-electron chi connectivity index (χ0n) is 16.4. The van der Waals surface area contributed by atoms with Crippen LogP contribution in [0.4, 0.5) is 0 Å². The number of benzene rings is 2. The highest BCUT2D eigenvalue weighted by Gasteiger charge is 2.20. The molecular formula is C23H27N3O2. The zero-order chi connectivity index (χ0) is 19.2. The van der Waals surface area contributed by atoms with E-state index in [4.69, 9.17) is 9.26 Å².